The van der Waals surface area contributed by atoms with Crippen molar-refractivity contribution in [2.24, 2.45) is 0 Å². The highest BCUT2D eigenvalue weighted by molar-refractivity contribution is 7.16. The van der Waals surface area contributed by atoms with Crippen LogP contribution in [0.25, 0.3) is 11.3 Å². The van der Waals surface area contributed by atoms with Gasteiger partial charge in [-0.05, 0) is 25.0 Å². The molecule has 1 saturated carbocycles. The Morgan fingerprint density at radius 1 is 1.44 bits per heavy atom. The summed E-state index contributed by atoms with van der Waals surface area (Å²) in [6.45, 7) is 0. The molecule has 1 aromatic heterocycles. The van der Waals surface area contributed by atoms with Gasteiger partial charge < -0.3 is 10.5 Å². The van der Waals surface area contributed by atoms with Gasteiger partial charge in [0.2, 0.25) is 0 Å². The van der Waals surface area contributed by atoms with E-state index in [1.54, 1.807) is 18.4 Å². The fourth-order valence-electron chi connectivity index (χ4n) is 1.94. The molecule has 0 saturated heterocycles. The number of nitrogen functional groups attached to an aromatic ring is 1. The van der Waals surface area contributed by atoms with E-state index in [1.807, 2.05) is 18.2 Å². The number of hydrogen-bond donors (Lipinski definition) is 1. The number of aromatic nitrogens is 1. The van der Waals surface area contributed by atoms with Crippen molar-refractivity contribution in [3.63, 3.8) is 0 Å². The highest BCUT2D eigenvalue weighted by Crippen LogP contribution is 2.47. The van der Waals surface area contributed by atoms with E-state index in [9.17, 15) is 0 Å². The van der Waals surface area contributed by atoms with Crippen molar-refractivity contribution in [3.8, 4) is 17.0 Å². The third-order valence-corrected chi connectivity index (χ3v) is 4.39. The fraction of sp³-hybridized carbons (Fsp3) is 0.308. The Hall–Kier alpha value is -1.26. The van der Waals surface area contributed by atoms with Crippen LogP contribution in [0, 0.1) is 0 Å². The van der Waals surface area contributed by atoms with Gasteiger partial charge in [0.25, 0.3) is 0 Å². The zero-order valence-corrected chi connectivity index (χ0v) is 11.5. The van der Waals surface area contributed by atoms with Crippen LogP contribution < -0.4 is 10.5 Å². The summed E-state index contributed by atoms with van der Waals surface area (Å²) in [6.07, 6.45) is 2.43. The van der Waals surface area contributed by atoms with Crippen molar-refractivity contribution in [2.45, 2.75) is 18.8 Å². The van der Waals surface area contributed by atoms with E-state index < -0.39 is 0 Å². The number of nitrogens with zero attached hydrogens (tertiary/aromatic N) is 1. The minimum absolute atomic E-state index is 0.597. The zero-order valence-electron chi connectivity index (χ0n) is 9.94. The summed E-state index contributed by atoms with van der Waals surface area (Å²) in [4.78, 5) is 4.64. The predicted octanol–water partition coefficient (Wildman–Crippen LogP) is 3.93. The second kappa shape index (κ2) is 4.44. The highest BCUT2D eigenvalue weighted by Gasteiger charge is 2.29. The van der Waals surface area contributed by atoms with E-state index in [0.29, 0.717) is 21.7 Å². The first-order chi connectivity index (χ1) is 8.70. The quantitative estimate of drug-likeness (QED) is 0.927. The second-order valence-electron chi connectivity index (χ2n) is 4.36. The number of ether oxygens (including phenoxy) is 1. The lowest BCUT2D eigenvalue weighted by Crippen LogP contribution is -1.92. The first-order valence-corrected chi connectivity index (χ1v) is 6.99. The van der Waals surface area contributed by atoms with Crippen molar-refractivity contribution in [1.29, 1.82) is 0 Å². The van der Waals surface area contributed by atoms with Crippen LogP contribution in [0.1, 0.15) is 23.8 Å². The van der Waals surface area contributed by atoms with Crippen molar-refractivity contribution >= 4 is 27.9 Å². The third kappa shape index (κ3) is 1.95. The summed E-state index contributed by atoms with van der Waals surface area (Å²) in [5.74, 6) is 1.31. The largest absolute Gasteiger partial charge is 0.496 e. The minimum Gasteiger partial charge on any atom is -0.496 e. The summed E-state index contributed by atoms with van der Waals surface area (Å²) >= 11 is 7.81. The molecule has 5 heteroatoms. The molecule has 18 heavy (non-hydrogen) atoms. The summed E-state index contributed by atoms with van der Waals surface area (Å²) in [5.41, 5.74) is 7.62. The normalized spacial score (nSPS) is 14.8. The van der Waals surface area contributed by atoms with E-state index >= 15 is 0 Å². The Morgan fingerprint density at radius 2 is 2.22 bits per heavy atom. The van der Waals surface area contributed by atoms with Gasteiger partial charge in [0.15, 0.2) is 0 Å². The fourth-order valence-corrected chi connectivity index (χ4v) is 3.20. The molecule has 1 fully saturated rings. The van der Waals surface area contributed by atoms with E-state index in [2.05, 4.69) is 4.98 Å². The Labute approximate surface area is 115 Å². The molecule has 3 nitrogen and oxygen atoms in total. The highest BCUT2D eigenvalue weighted by atomic mass is 35.5. The Morgan fingerprint density at radius 3 is 2.89 bits per heavy atom. The number of rotatable bonds is 3. The molecule has 1 aliphatic rings. The molecule has 0 bridgehead atoms. The van der Waals surface area contributed by atoms with E-state index in [-0.39, 0.29) is 0 Å². The summed E-state index contributed by atoms with van der Waals surface area (Å²) < 4.78 is 5.35. The maximum absolute atomic E-state index is 6.25. The van der Waals surface area contributed by atoms with Gasteiger partial charge >= 0.3 is 0 Å². The van der Waals surface area contributed by atoms with Crippen molar-refractivity contribution in [2.75, 3.05) is 12.8 Å². The summed E-state index contributed by atoms with van der Waals surface area (Å²) in [5, 5.41) is 2.45. The maximum Gasteiger partial charge on any atom is 0.129 e. The molecule has 1 heterocycles. The van der Waals surface area contributed by atoms with Gasteiger partial charge in [-0.1, -0.05) is 17.7 Å². The van der Waals surface area contributed by atoms with Gasteiger partial charge in [-0.2, -0.15) is 0 Å². The van der Waals surface area contributed by atoms with Crippen molar-refractivity contribution in [3.05, 3.63) is 28.2 Å². The first-order valence-electron chi connectivity index (χ1n) is 5.79. The number of benzene rings is 1. The molecule has 0 unspecified atom stereocenters. The zero-order chi connectivity index (χ0) is 12.7. The third-order valence-electron chi connectivity index (χ3n) is 3.03. The Bertz CT molecular complexity index is 593. The van der Waals surface area contributed by atoms with Crippen LogP contribution in [-0.4, -0.2) is 12.1 Å². The van der Waals surface area contributed by atoms with Crippen molar-refractivity contribution < 1.29 is 4.74 Å². The SMILES string of the molecule is COc1cccc(Cl)c1-c1nc(C2CC2)sc1N. The number of hydrogen-bond acceptors (Lipinski definition) is 4. The van der Waals surface area contributed by atoms with Gasteiger partial charge in [0.05, 0.1) is 22.7 Å². The number of methoxy groups -OCH3 is 1. The van der Waals surface area contributed by atoms with Crippen LogP contribution in [0.4, 0.5) is 5.00 Å². The molecule has 2 aromatic rings. The van der Waals surface area contributed by atoms with E-state index in [4.69, 9.17) is 22.1 Å². The number of nitrogens with two attached hydrogens (primary N) is 1. The van der Waals surface area contributed by atoms with Crippen molar-refractivity contribution in [1.82, 2.24) is 4.98 Å². The average molecular weight is 281 g/mol. The van der Waals surface area contributed by atoms with Gasteiger partial charge in [-0.25, -0.2) is 4.98 Å². The molecule has 3 rings (SSSR count). The standard InChI is InChI=1S/C13H13ClN2OS/c1-17-9-4-2-3-8(14)10(9)11-12(15)18-13(16-11)7-5-6-7/h2-4,7H,5-6,15H2,1H3. The molecule has 94 valence electrons. The van der Waals surface area contributed by atoms with Gasteiger partial charge in [0, 0.05) is 5.92 Å². The topological polar surface area (TPSA) is 48.1 Å². The molecular weight excluding hydrogens is 268 g/mol. The van der Waals surface area contributed by atoms with Crippen LogP contribution in [0.2, 0.25) is 5.02 Å². The van der Waals surface area contributed by atoms with Crippen LogP contribution in [0.5, 0.6) is 5.75 Å². The first kappa shape index (κ1) is 11.8. The molecule has 0 amide bonds. The van der Waals surface area contributed by atoms with Crippen LogP contribution in [0.3, 0.4) is 0 Å². The molecule has 1 aliphatic carbocycles. The predicted molar refractivity (Wildman–Crippen MR) is 75.5 cm³/mol. The summed E-state index contributed by atoms with van der Waals surface area (Å²) in [6, 6.07) is 5.56. The second-order valence-corrected chi connectivity index (χ2v) is 5.83. The Balaban J connectivity index is 2.13. The average Bonchev–Trinajstić information content (AvgIpc) is 3.13. The summed E-state index contributed by atoms with van der Waals surface area (Å²) in [7, 11) is 1.62. The van der Waals surface area contributed by atoms with Gasteiger partial charge in [-0.15, -0.1) is 11.3 Å². The Kier molecular flexibility index (Phi) is 2.92. The number of halogens is 1. The van der Waals surface area contributed by atoms with Crippen LogP contribution in [0.15, 0.2) is 18.2 Å². The molecule has 0 aliphatic heterocycles. The lowest BCUT2D eigenvalue weighted by molar-refractivity contribution is 0.416. The lowest BCUT2D eigenvalue weighted by atomic mass is 10.1. The molecule has 1 aromatic carbocycles. The molecule has 0 atom stereocenters. The monoisotopic (exact) mass is 280 g/mol. The molecule has 0 spiro atoms. The lowest BCUT2D eigenvalue weighted by Gasteiger charge is -2.08. The van der Waals surface area contributed by atoms with E-state index in [1.165, 1.54) is 12.8 Å². The number of thiazole rings is 1. The van der Waals surface area contributed by atoms with Crippen LogP contribution >= 0.6 is 22.9 Å². The molecule has 0 radical (unpaired) electrons. The number of anilines is 1. The molecular formula is C13H13ClN2OS. The maximum atomic E-state index is 6.25. The van der Waals surface area contributed by atoms with Crippen LogP contribution in [-0.2, 0) is 0 Å². The minimum atomic E-state index is 0.597. The van der Waals surface area contributed by atoms with Gasteiger partial charge in [0.1, 0.15) is 16.4 Å². The molecule has 2 N–H and O–H groups in total. The van der Waals surface area contributed by atoms with E-state index in [0.717, 1.165) is 16.3 Å². The smallest absolute Gasteiger partial charge is 0.129 e. The van der Waals surface area contributed by atoms with Gasteiger partial charge in [-0.3, -0.25) is 0 Å².